The molecule has 22 heavy (non-hydrogen) atoms. The third-order valence-electron chi connectivity index (χ3n) is 5.19. The molecule has 0 bridgehead atoms. The first kappa shape index (κ1) is 13.8. The molecule has 1 saturated carbocycles. The van der Waals surface area contributed by atoms with Crippen LogP contribution >= 0.6 is 0 Å². The summed E-state index contributed by atoms with van der Waals surface area (Å²) in [5.74, 6) is 2.30. The summed E-state index contributed by atoms with van der Waals surface area (Å²) in [4.78, 5) is 20.4. The van der Waals surface area contributed by atoms with Crippen molar-refractivity contribution in [3.8, 4) is 0 Å². The number of H-pyrrole nitrogens is 1. The molecule has 5 nitrogen and oxygen atoms in total. The van der Waals surface area contributed by atoms with Crippen LogP contribution in [-0.2, 0) is 4.79 Å². The Balaban J connectivity index is 1.50. The SMILES string of the molecule is CC(C(=O)Nc1ccc2nc(C3CCC3)[nH]c2c1)C1CNC1. The number of carbonyl (C=O) groups excluding carboxylic acids is 1. The highest BCUT2D eigenvalue weighted by atomic mass is 16.1. The van der Waals surface area contributed by atoms with Crippen LogP contribution < -0.4 is 10.6 Å². The molecule has 5 heteroatoms. The molecule has 1 atom stereocenters. The van der Waals surface area contributed by atoms with E-state index < -0.39 is 0 Å². The van der Waals surface area contributed by atoms with E-state index >= 15 is 0 Å². The van der Waals surface area contributed by atoms with Crippen LogP contribution in [0.4, 0.5) is 5.69 Å². The lowest BCUT2D eigenvalue weighted by Crippen LogP contribution is -2.48. The van der Waals surface area contributed by atoms with Crippen molar-refractivity contribution in [1.29, 1.82) is 0 Å². The maximum Gasteiger partial charge on any atom is 0.227 e. The van der Waals surface area contributed by atoms with Gasteiger partial charge in [0.1, 0.15) is 5.82 Å². The van der Waals surface area contributed by atoms with E-state index in [0.717, 1.165) is 35.6 Å². The number of nitrogens with one attached hydrogen (secondary N) is 3. The highest BCUT2D eigenvalue weighted by molar-refractivity contribution is 5.94. The first-order valence-corrected chi connectivity index (χ1v) is 8.22. The molecule has 1 unspecified atom stereocenters. The number of aromatic nitrogens is 2. The van der Waals surface area contributed by atoms with Crippen LogP contribution in [0.15, 0.2) is 18.2 Å². The quantitative estimate of drug-likeness (QED) is 0.812. The fraction of sp³-hybridized carbons (Fsp3) is 0.529. The van der Waals surface area contributed by atoms with Crippen molar-refractivity contribution in [2.24, 2.45) is 11.8 Å². The third kappa shape index (κ3) is 2.39. The van der Waals surface area contributed by atoms with Gasteiger partial charge in [-0.3, -0.25) is 4.79 Å². The van der Waals surface area contributed by atoms with Crippen molar-refractivity contribution in [2.45, 2.75) is 32.1 Å². The average Bonchev–Trinajstić information content (AvgIpc) is 2.76. The summed E-state index contributed by atoms with van der Waals surface area (Å²) in [5, 5.41) is 6.25. The summed E-state index contributed by atoms with van der Waals surface area (Å²) in [6.45, 7) is 3.89. The van der Waals surface area contributed by atoms with Crippen molar-refractivity contribution in [1.82, 2.24) is 15.3 Å². The smallest absolute Gasteiger partial charge is 0.227 e. The molecule has 116 valence electrons. The van der Waals surface area contributed by atoms with E-state index in [1.165, 1.54) is 19.3 Å². The second kappa shape index (κ2) is 5.39. The number of hydrogen-bond acceptors (Lipinski definition) is 3. The van der Waals surface area contributed by atoms with Gasteiger partial charge in [0.05, 0.1) is 11.0 Å². The molecule has 1 aromatic heterocycles. The Morgan fingerprint density at radius 2 is 2.18 bits per heavy atom. The van der Waals surface area contributed by atoms with E-state index in [4.69, 9.17) is 0 Å². The predicted octanol–water partition coefficient (Wildman–Crippen LogP) is 2.62. The van der Waals surface area contributed by atoms with E-state index in [0.29, 0.717) is 11.8 Å². The molecule has 1 amide bonds. The lowest BCUT2D eigenvalue weighted by Gasteiger charge is -2.31. The first-order chi connectivity index (χ1) is 10.7. The largest absolute Gasteiger partial charge is 0.342 e. The van der Waals surface area contributed by atoms with Crippen molar-refractivity contribution in [2.75, 3.05) is 18.4 Å². The van der Waals surface area contributed by atoms with Crippen molar-refractivity contribution >= 4 is 22.6 Å². The molecule has 2 aromatic rings. The predicted molar refractivity (Wildman–Crippen MR) is 86.8 cm³/mol. The zero-order valence-electron chi connectivity index (χ0n) is 12.9. The summed E-state index contributed by atoms with van der Waals surface area (Å²) in [5.41, 5.74) is 2.84. The number of nitrogens with zero attached hydrogens (tertiary/aromatic N) is 1. The van der Waals surface area contributed by atoms with Crippen LogP contribution in [0, 0.1) is 11.8 Å². The molecular formula is C17H22N4O. The fourth-order valence-corrected chi connectivity index (χ4v) is 3.12. The normalized spacial score (nSPS) is 20.4. The number of hydrogen-bond donors (Lipinski definition) is 3. The van der Waals surface area contributed by atoms with E-state index in [1.807, 2.05) is 25.1 Å². The minimum atomic E-state index is 0.0456. The Morgan fingerprint density at radius 3 is 2.82 bits per heavy atom. The number of imidazole rings is 1. The fourth-order valence-electron chi connectivity index (χ4n) is 3.12. The summed E-state index contributed by atoms with van der Waals surface area (Å²) < 4.78 is 0. The van der Waals surface area contributed by atoms with Crippen LogP contribution in [0.1, 0.15) is 37.9 Å². The summed E-state index contributed by atoms with van der Waals surface area (Å²) >= 11 is 0. The summed E-state index contributed by atoms with van der Waals surface area (Å²) in [6, 6.07) is 5.92. The van der Waals surface area contributed by atoms with Gasteiger partial charge in [0.25, 0.3) is 0 Å². The van der Waals surface area contributed by atoms with Gasteiger partial charge >= 0.3 is 0 Å². The maximum atomic E-state index is 12.3. The van der Waals surface area contributed by atoms with Gasteiger partial charge in [0.2, 0.25) is 5.91 Å². The van der Waals surface area contributed by atoms with Gasteiger partial charge in [-0.25, -0.2) is 4.98 Å². The second-order valence-corrected chi connectivity index (χ2v) is 6.68. The molecule has 1 aromatic carbocycles. The van der Waals surface area contributed by atoms with Gasteiger partial charge < -0.3 is 15.6 Å². The van der Waals surface area contributed by atoms with Crippen LogP contribution in [0.3, 0.4) is 0 Å². The zero-order chi connectivity index (χ0) is 15.1. The number of aromatic amines is 1. The van der Waals surface area contributed by atoms with Crippen LogP contribution in [0.2, 0.25) is 0 Å². The second-order valence-electron chi connectivity index (χ2n) is 6.68. The minimum absolute atomic E-state index is 0.0456. The Hall–Kier alpha value is -1.88. The summed E-state index contributed by atoms with van der Waals surface area (Å²) in [6.07, 6.45) is 3.77. The molecule has 1 saturated heterocycles. The van der Waals surface area contributed by atoms with Gasteiger partial charge in [-0.15, -0.1) is 0 Å². The lowest BCUT2D eigenvalue weighted by atomic mass is 9.85. The molecule has 1 aliphatic carbocycles. The van der Waals surface area contributed by atoms with Gasteiger partial charge in [-0.1, -0.05) is 13.3 Å². The van der Waals surface area contributed by atoms with Gasteiger partial charge in [0, 0.05) is 17.5 Å². The first-order valence-electron chi connectivity index (χ1n) is 8.22. The van der Waals surface area contributed by atoms with Crippen molar-refractivity contribution < 1.29 is 4.79 Å². The van der Waals surface area contributed by atoms with Gasteiger partial charge in [-0.05, 0) is 50.0 Å². The molecular weight excluding hydrogens is 276 g/mol. The Kier molecular flexibility index (Phi) is 3.37. The Bertz CT molecular complexity index is 700. The average molecular weight is 298 g/mol. The molecule has 2 fully saturated rings. The highest BCUT2D eigenvalue weighted by Gasteiger charge is 2.28. The Labute approximate surface area is 129 Å². The molecule has 3 N–H and O–H groups in total. The van der Waals surface area contributed by atoms with Crippen LogP contribution in [0.5, 0.6) is 0 Å². The van der Waals surface area contributed by atoms with Gasteiger partial charge in [0.15, 0.2) is 0 Å². The summed E-state index contributed by atoms with van der Waals surface area (Å²) in [7, 11) is 0. The molecule has 1 aliphatic heterocycles. The number of carbonyl (C=O) groups is 1. The Morgan fingerprint density at radius 1 is 1.36 bits per heavy atom. The van der Waals surface area contributed by atoms with Crippen LogP contribution in [0.25, 0.3) is 11.0 Å². The number of fused-ring (bicyclic) bond motifs is 1. The minimum Gasteiger partial charge on any atom is -0.342 e. The molecule has 0 radical (unpaired) electrons. The monoisotopic (exact) mass is 298 g/mol. The lowest BCUT2D eigenvalue weighted by molar-refractivity contribution is -0.121. The maximum absolute atomic E-state index is 12.3. The van der Waals surface area contributed by atoms with E-state index in [-0.39, 0.29) is 11.8 Å². The van der Waals surface area contributed by atoms with Crippen molar-refractivity contribution in [3.05, 3.63) is 24.0 Å². The standard InChI is InChI=1S/C17H22N4O/c1-10(12-8-18-9-12)17(22)19-13-5-6-14-15(7-13)21-16(20-14)11-3-2-4-11/h5-7,10-12,18H,2-4,8-9H2,1H3,(H,19,22)(H,20,21). The third-order valence-corrected chi connectivity index (χ3v) is 5.19. The van der Waals surface area contributed by atoms with Crippen LogP contribution in [-0.4, -0.2) is 29.0 Å². The molecule has 4 rings (SSSR count). The van der Waals surface area contributed by atoms with Crippen molar-refractivity contribution in [3.63, 3.8) is 0 Å². The zero-order valence-corrected chi connectivity index (χ0v) is 12.9. The van der Waals surface area contributed by atoms with E-state index in [9.17, 15) is 4.79 Å². The van der Waals surface area contributed by atoms with E-state index in [2.05, 4.69) is 20.6 Å². The number of anilines is 1. The number of benzene rings is 1. The molecule has 2 heterocycles. The molecule has 2 aliphatic rings. The number of rotatable bonds is 4. The topological polar surface area (TPSA) is 69.8 Å². The van der Waals surface area contributed by atoms with E-state index in [1.54, 1.807) is 0 Å². The highest BCUT2D eigenvalue weighted by Crippen LogP contribution is 2.35. The van der Waals surface area contributed by atoms with Gasteiger partial charge in [-0.2, -0.15) is 0 Å². The molecule has 0 spiro atoms. The number of amides is 1.